The Kier molecular flexibility index (Phi) is 5.80. The molecule has 0 saturated heterocycles. The normalized spacial score (nSPS) is 12.6. The molecule has 2 rings (SSSR count). The predicted molar refractivity (Wildman–Crippen MR) is 86.8 cm³/mol. The number of imidazole rings is 1. The summed E-state index contributed by atoms with van der Waals surface area (Å²) in [6.07, 6.45) is 6.99. The van der Waals surface area contributed by atoms with Gasteiger partial charge in [0.25, 0.3) is 0 Å². The summed E-state index contributed by atoms with van der Waals surface area (Å²) in [5.74, 6) is 1.13. The average molecular weight is 336 g/mol. The standard InChI is InChI=1S/C16H22BrN3/c1-3-7-18-15(12-16-19-8-9-20(16)2)11-13-5-4-6-14(17)10-13/h4-6,8-10,15,18H,3,7,11-12H2,1-2H3. The van der Waals surface area contributed by atoms with Crippen molar-refractivity contribution < 1.29 is 0 Å². The van der Waals surface area contributed by atoms with Crippen molar-refractivity contribution in [2.24, 2.45) is 7.05 Å². The highest BCUT2D eigenvalue weighted by Gasteiger charge is 2.12. The van der Waals surface area contributed by atoms with E-state index >= 15 is 0 Å². The summed E-state index contributed by atoms with van der Waals surface area (Å²) in [5.41, 5.74) is 1.35. The Morgan fingerprint density at radius 2 is 2.20 bits per heavy atom. The third-order valence-electron chi connectivity index (χ3n) is 3.40. The molecule has 0 aliphatic carbocycles. The summed E-state index contributed by atoms with van der Waals surface area (Å²) in [5, 5.41) is 3.63. The molecule has 1 unspecified atom stereocenters. The molecule has 0 spiro atoms. The third-order valence-corrected chi connectivity index (χ3v) is 3.90. The minimum absolute atomic E-state index is 0.422. The number of halogens is 1. The van der Waals surface area contributed by atoms with Crippen molar-refractivity contribution in [3.8, 4) is 0 Å². The van der Waals surface area contributed by atoms with Crippen molar-refractivity contribution in [3.05, 3.63) is 52.5 Å². The lowest BCUT2D eigenvalue weighted by molar-refractivity contribution is 0.489. The first-order valence-corrected chi connectivity index (χ1v) is 7.92. The van der Waals surface area contributed by atoms with Gasteiger partial charge in [0, 0.05) is 36.4 Å². The molecular formula is C16H22BrN3. The fraction of sp³-hybridized carbons (Fsp3) is 0.438. The minimum atomic E-state index is 0.422. The Balaban J connectivity index is 2.05. The molecule has 3 nitrogen and oxygen atoms in total. The van der Waals surface area contributed by atoms with Crippen LogP contribution in [0.1, 0.15) is 24.7 Å². The fourth-order valence-electron chi connectivity index (χ4n) is 2.33. The van der Waals surface area contributed by atoms with E-state index in [-0.39, 0.29) is 0 Å². The monoisotopic (exact) mass is 335 g/mol. The zero-order valence-electron chi connectivity index (χ0n) is 12.1. The summed E-state index contributed by atoms with van der Waals surface area (Å²) >= 11 is 3.54. The van der Waals surface area contributed by atoms with Gasteiger partial charge in [0.15, 0.2) is 0 Å². The van der Waals surface area contributed by atoms with Crippen LogP contribution in [0.3, 0.4) is 0 Å². The number of benzene rings is 1. The average Bonchev–Trinajstić information content (AvgIpc) is 2.82. The van der Waals surface area contributed by atoms with E-state index in [0.29, 0.717) is 6.04 Å². The van der Waals surface area contributed by atoms with Gasteiger partial charge in [0.1, 0.15) is 5.82 Å². The van der Waals surface area contributed by atoms with Crippen LogP contribution in [0.4, 0.5) is 0 Å². The van der Waals surface area contributed by atoms with Gasteiger partial charge >= 0.3 is 0 Å². The molecule has 2 aromatic rings. The summed E-state index contributed by atoms with van der Waals surface area (Å²) in [7, 11) is 2.05. The molecule has 1 aromatic heterocycles. The Bertz CT molecular complexity index is 536. The van der Waals surface area contributed by atoms with E-state index in [9.17, 15) is 0 Å². The maximum absolute atomic E-state index is 4.44. The van der Waals surface area contributed by atoms with Crippen molar-refractivity contribution >= 4 is 15.9 Å². The van der Waals surface area contributed by atoms with E-state index in [1.165, 1.54) is 5.56 Å². The number of rotatable bonds is 7. The fourth-order valence-corrected chi connectivity index (χ4v) is 2.77. The van der Waals surface area contributed by atoms with Gasteiger partial charge in [-0.15, -0.1) is 0 Å². The van der Waals surface area contributed by atoms with E-state index in [1.807, 2.05) is 12.4 Å². The predicted octanol–water partition coefficient (Wildman–Crippen LogP) is 3.34. The third kappa shape index (κ3) is 4.46. The quantitative estimate of drug-likeness (QED) is 0.840. The Hall–Kier alpha value is -1.13. The van der Waals surface area contributed by atoms with E-state index < -0.39 is 0 Å². The molecule has 0 fully saturated rings. The molecule has 20 heavy (non-hydrogen) atoms. The van der Waals surface area contributed by atoms with Crippen LogP contribution in [-0.4, -0.2) is 22.1 Å². The van der Waals surface area contributed by atoms with Crippen LogP contribution in [0, 0.1) is 0 Å². The highest BCUT2D eigenvalue weighted by molar-refractivity contribution is 9.10. The SMILES string of the molecule is CCCNC(Cc1cccc(Br)c1)Cc1nccn1C. The number of nitrogens with one attached hydrogen (secondary N) is 1. The van der Waals surface area contributed by atoms with Gasteiger partial charge in [0.2, 0.25) is 0 Å². The lowest BCUT2D eigenvalue weighted by Gasteiger charge is -2.18. The number of aromatic nitrogens is 2. The second-order valence-corrected chi connectivity index (χ2v) is 6.06. The maximum atomic E-state index is 4.44. The molecule has 1 N–H and O–H groups in total. The molecule has 0 aliphatic heterocycles. The van der Waals surface area contributed by atoms with Gasteiger partial charge in [0.05, 0.1) is 0 Å². The topological polar surface area (TPSA) is 29.9 Å². The lowest BCUT2D eigenvalue weighted by Crippen LogP contribution is -2.34. The zero-order chi connectivity index (χ0) is 14.4. The Morgan fingerprint density at radius 1 is 1.35 bits per heavy atom. The largest absolute Gasteiger partial charge is 0.338 e. The van der Waals surface area contributed by atoms with Gasteiger partial charge in [-0.1, -0.05) is 35.0 Å². The Labute approximate surface area is 129 Å². The first-order valence-electron chi connectivity index (χ1n) is 7.13. The van der Waals surface area contributed by atoms with Gasteiger partial charge in [-0.05, 0) is 37.1 Å². The molecule has 0 amide bonds. The van der Waals surface area contributed by atoms with Crippen molar-refractivity contribution in [1.29, 1.82) is 0 Å². The highest BCUT2D eigenvalue weighted by Crippen LogP contribution is 2.14. The van der Waals surface area contributed by atoms with Crippen molar-refractivity contribution in [3.63, 3.8) is 0 Å². The smallest absolute Gasteiger partial charge is 0.109 e. The molecule has 0 saturated carbocycles. The summed E-state index contributed by atoms with van der Waals surface area (Å²) < 4.78 is 3.24. The van der Waals surface area contributed by atoms with Crippen molar-refractivity contribution in [2.75, 3.05) is 6.54 Å². The molecule has 4 heteroatoms. The van der Waals surface area contributed by atoms with Crippen LogP contribution in [0.25, 0.3) is 0 Å². The van der Waals surface area contributed by atoms with Gasteiger partial charge in [-0.3, -0.25) is 0 Å². The first-order chi connectivity index (χ1) is 9.69. The van der Waals surface area contributed by atoms with E-state index in [0.717, 1.165) is 36.1 Å². The first kappa shape index (κ1) is 15.3. The lowest BCUT2D eigenvalue weighted by atomic mass is 10.0. The van der Waals surface area contributed by atoms with Crippen LogP contribution in [0.15, 0.2) is 41.1 Å². The van der Waals surface area contributed by atoms with E-state index in [1.54, 1.807) is 0 Å². The number of hydrogen-bond donors (Lipinski definition) is 1. The van der Waals surface area contributed by atoms with Crippen LogP contribution in [0.5, 0.6) is 0 Å². The number of nitrogens with zero attached hydrogens (tertiary/aromatic N) is 2. The van der Waals surface area contributed by atoms with Crippen LogP contribution in [0.2, 0.25) is 0 Å². The molecule has 1 atom stereocenters. The number of hydrogen-bond acceptors (Lipinski definition) is 2. The summed E-state index contributed by atoms with van der Waals surface area (Å²) in [6.45, 7) is 3.24. The second-order valence-electron chi connectivity index (χ2n) is 5.14. The zero-order valence-corrected chi connectivity index (χ0v) is 13.7. The van der Waals surface area contributed by atoms with Crippen molar-refractivity contribution in [1.82, 2.24) is 14.9 Å². The van der Waals surface area contributed by atoms with Gasteiger partial charge in [-0.2, -0.15) is 0 Å². The van der Waals surface area contributed by atoms with Crippen LogP contribution in [-0.2, 0) is 19.9 Å². The van der Waals surface area contributed by atoms with Crippen LogP contribution < -0.4 is 5.32 Å². The Morgan fingerprint density at radius 3 is 2.85 bits per heavy atom. The van der Waals surface area contributed by atoms with Crippen LogP contribution >= 0.6 is 15.9 Å². The number of aryl methyl sites for hydroxylation is 1. The van der Waals surface area contributed by atoms with E-state index in [2.05, 4.69) is 69.0 Å². The maximum Gasteiger partial charge on any atom is 0.109 e. The van der Waals surface area contributed by atoms with Gasteiger partial charge in [-0.25, -0.2) is 4.98 Å². The molecule has 1 heterocycles. The molecular weight excluding hydrogens is 314 g/mol. The highest BCUT2D eigenvalue weighted by atomic mass is 79.9. The molecule has 0 bridgehead atoms. The van der Waals surface area contributed by atoms with Crippen molar-refractivity contribution in [2.45, 2.75) is 32.2 Å². The van der Waals surface area contributed by atoms with E-state index in [4.69, 9.17) is 0 Å². The summed E-state index contributed by atoms with van der Waals surface area (Å²) in [6, 6.07) is 8.96. The molecule has 0 aliphatic rings. The van der Waals surface area contributed by atoms with Gasteiger partial charge < -0.3 is 9.88 Å². The second kappa shape index (κ2) is 7.60. The molecule has 0 radical (unpaired) electrons. The minimum Gasteiger partial charge on any atom is -0.338 e. The molecule has 1 aromatic carbocycles. The molecule has 108 valence electrons. The summed E-state index contributed by atoms with van der Waals surface area (Å²) in [4.78, 5) is 4.44.